The number of carbonyl (C=O) groups is 1. The molecule has 1 aromatic carbocycles. The summed E-state index contributed by atoms with van der Waals surface area (Å²) in [7, 11) is 0. The normalized spacial score (nSPS) is 18.7. The van der Waals surface area contributed by atoms with Crippen LogP contribution in [0.4, 0.5) is 13.2 Å². The maximum absolute atomic E-state index is 13.6. The second-order valence-electron chi connectivity index (χ2n) is 6.26. The number of nitrogens with zero attached hydrogens (tertiary/aromatic N) is 1. The van der Waals surface area contributed by atoms with Crippen molar-refractivity contribution < 1.29 is 18.0 Å². The van der Waals surface area contributed by atoms with Gasteiger partial charge in [-0.25, -0.2) is 5.01 Å². The van der Waals surface area contributed by atoms with E-state index in [0.29, 0.717) is 5.56 Å². The van der Waals surface area contributed by atoms with Crippen LogP contribution in [-0.4, -0.2) is 23.6 Å². The van der Waals surface area contributed by atoms with E-state index >= 15 is 0 Å². The van der Waals surface area contributed by atoms with Gasteiger partial charge in [-0.05, 0) is 16.5 Å². The van der Waals surface area contributed by atoms with Gasteiger partial charge in [0.1, 0.15) is 6.04 Å². The Balaban J connectivity index is 2.50. The third-order valence-corrected chi connectivity index (χ3v) is 3.53. The standard InChI is InChI=1S/C15H19F3N2O/c1-14(2,3)11-7-5-4-6-10(11)13(15(16,17)18)20-9-8-12(21)19-20/h4-7,13H,8-9H2,1-3H3,(H,19,21). The first-order chi connectivity index (χ1) is 9.60. The van der Waals surface area contributed by atoms with Crippen molar-refractivity contribution in [3.63, 3.8) is 0 Å². The van der Waals surface area contributed by atoms with Gasteiger partial charge in [0.05, 0.1) is 0 Å². The molecule has 1 aliphatic rings. The molecule has 1 saturated heterocycles. The average molecular weight is 300 g/mol. The summed E-state index contributed by atoms with van der Waals surface area (Å²) in [5, 5.41) is 0.993. The highest BCUT2D eigenvalue weighted by Gasteiger charge is 2.48. The average Bonchev–Trinajstić information content (AvgIpc) is 2.73. The van der Waals surface area contributed by atoms with Crippen LogP contribution in [0.5, 0.6) is 0 Å². The number of alkyl halides is 3. The number of amides is 1. The van der Waals surface area contributed by atoms with Gasteiger partial charge in [-0.3, -0.25) is 10.2 Å². The van der Waals surface area contributed by atoms with Crippen LogP contribution >= 0.6 is 0 Å². The first-order valence-electron chi connectivity index (χ1n) is 6.83. The van der Waals surface area contributed by atoms with Crippen LogP contribution < -0.4 is 5.43 Å². The van der Waals surface area contributed by atoms with E-state index in [0.717, 1.165) is 5.01 Å². The number of halogens is 3. The summed E-state index contributed by atoms with van der Waals surface area (Å²) in [6, 6.07) is 4.72. The lowest BCUT2D eigenvalue weighted by Gasteiger charge is -2.33. The van der Waals surface area contributed by atoms with Crippen molar-refractivity contribution in [3.8, 4) is 0 Å². The van der Waals surface area contributed by atoms with Crippen molar-refractivity contribution in [3.05, 3.63) is 35.4 Å². The van der Waals surface area contributed by atoms with Gasteiger partial charge < -0.3 is 0 Å². The van der Waals surface area contributed by atoms with Gasteiger partial charge in [-0.2, -0.15) is 13.2 Å². The Hall–Kier alpha value is -1.56. The molecule has 6 heteroatoms. The maximum atomic E-state index is 13.6. The predicted molar refractivity (Wildman–Crippen MR) is 73.4 cm³/mol. The zero-order valence-corrected chi connectivity index (χ0v) is 12.3. The first-order valence-corrected chi connectivity index (χ1v) is 6.83. The molecule has 1 fully saturated rings. The highest BCUT2D eigenvalue weighted by molar-refractivity contribution is 5.77. The highest BCUT2D eigenvalue weighted by Crippen LogP contribution is 2.41. The minimum absolute atomic E-state index is 0.0570. The second kappa shape index (κ2) is 5.33. The van der Waals surface area contributed by atoms with Crippen molar-refractivity contribution in [2.75, 3.05) is 6.54 Å². The Bertz CT molecular complexity index is 534. The smallest absolute Gasteiger partial charge is 0.288 e. The summed E-state index contributed by atoms with van der Waals surface area (Å²) >= 11 is 0. The molecule has 0 aliphatic carbocycles. The zero-order chi connectivity index (χ0) is 15.8. The molecule has 1 aliphatic heterocycles. The summed E-state index contributed by atoms with van der Waals surface area (Å²) in [6.45, 7) is 5.69. The lowest BCUT2D eigenvalue weighted by molar-refractivity contribution is -0.191. The van der Waals surface area contributed by atoms with Crippen LogP contribution in [0.3, 0.4) is 0 Å². The van der Waals surface area contributed by atoms with Crippen molar-refractivity contribution in [1.29, 1.82) is 0 Å². The zero-order valence-electron chi connectivity index (χ0n) is 12.3. The molecule has 1 aromatic rings. The highest BCUT2D eigenvalue weighted by atomic mass is 19.4. The van der Waals surface area contributed by atoms with E-state index in [2.05, 4.69) is 5.43 Å². The quantitative estimate of drug-likeness (QED) is 0.908. The Labute approximate surface area is 122 Å². The fourth-order valence-corrected chi connectivity index (χ4v) is 2.63. The Morgan fingerprint density at radius 2 is 1.81 bits per heavy atom. The van der Waals surface area contributed by atoms with Gasteiger partial charge in [-0.15, -0.1) is 0 Å². The molecule has 3 nitrogen and oxygen atoms in total. The van der Waals surface area contributed by atoms with Gasteiger partial charge in [0.25, 0.3) is 0 Å². The van der Waals surface area contributed by atoms with Gasteiger partial charge in [0, 0.05) is 13.0 Å². The van der Waals surface area contributed by atoms with Gasteiger partial charge in [-0.1, -0.05) is 45.0 Å². The minimum Gasteiger partial charge on any atom is -0.288 e. The Morgan fingerprint density at radius 3 is 2.29 bits per heavy atom. The molecule has 1 amide bonds. The van der Waals surface area contributed by atoms with Crippen LogP contribution in [-0.2, 0) is 10.2 Å². The molecule has 0 saturated carbocycles. The number of benzene rings is 1. The molecule has 0 bridgehead atoms. The molecule has 1 heterocycles. The molecular weight excluding hydrogens is 281 g/mol. The summed E-state index contributed by atoms with van der Waals surface area (Å²) in [5.41, 5.74) is 2.73. The topological polar surface area (TPSA) is 32.3 Å². The number of rotatable bonds is 2. The first kappa shape index (κ1) is 15.8. The second-order valence-corrected chi connectivity index (χ2v) is 6.26. The van der Waals surface area contributed by atoms with E-state index in [4.69, 9.17) is 0 Å². The van der Waals surface area contributed by atoms with Crippen molar-refractivity contribution >= 4 is 5.91 Å². The third kappa shape index (κ3) is 3.37. The maximum Gasteiger partial charge on any atom is 0.409 e. The largest absolute Gasteiger partial charge is 0.409 e. The molecule has 1 N–H and O–H groups in total. The fourth-order valence-electron chi connectivity index (χ4n) is 2.63. The van der Waals surface area contributed by atoms with Crippen LogP contribution in [0.25, 0.3) is 0 Å². The SMILES string of the molecule is CC(C)(C)c1ccccc1C(N1CCC(=O)N1)C(F)(F)F. The number of carbonyl (C=O) groups excluding carboxylic acids is 1. The summed E-state index contributed by atoms with van der Waals surface area (Å²) in [4.78, 5) is 11.3. The van der Waals surface area contributed by atoms with E-state index in [-0.39, 0.29) is 24.4 Å². The summed E-state index contributed by atoms with van der Waals surface area (Å²) in [6.07, 6.45) is -4.37. The molecule has 0 aromatic heterocycles. The van der Waals surface area contributed by atoms with E-state index in [1.165, 1.54) is 6.07 Å². The number of hydrogen-bond acceptors (Lipinski definition) is 2. The monoisotopic (exact) mass is 300 g/mol. The third-order valence-electron chi connectivity index (χ3n) is 3.53. The Kier molecular flexibility index (Phi) is 4.02. The van der Waals surface area contributed by atoms with Crippen LogP contribution in [0, 0.1) is 0 Å². The van der Waals surface area contributed by atoms with E-state index in [1.807, 2.05) is 20.8 Å². The van der Waals surface area contributed by atoms with Gasteiger partial charge in [0.2, 0.25) is 5.91 Å². The van der Waals surface area contributed by atoms with Crippen LogP contribution in [0.1, 0.15) is 44.4 Å². The van der Waals surface area contributed by atoms with E-state index in [9.17, 15) is 18.0 Å². The fraction of sp³-hybridized carbons (Fsp3) is 0.533. The lowest BCUT2D eigenvalue weighted by atomic mass is 9.81. The lowest BCUT2D eigenvalue weighted by Crippen LogP contribution is -2.44. The molecule has 116 valence electrons. The predicted octanol–water partition coefficient (Wildman–Crippen LogP) is 3.32. The van der Waals surface area contributed by atoms with Crippen molar-refractivity contribution in [1.82, 2.24) is 10.4 Å². The number of nitrogens with one attached hydrogen (secondary N) is 1. The van der Waals surface area contributed by atoms with E-state index in [1.54, 1.807) is 18.2 Å². The minimum atomic E-state index is -4.46. The number of hydrogen-bond donors (Lipinski definition) is 1. The van der Waals surface area contributed by atoms with Crippen LogP contribution in [0.2, 0.25) is 0 Å². The van der Waals surface area contributed by atoms with E-state index < -0.39 is 17.6 Å². The number of hydrazine groups is 1. The summed E-state index contributed by atoms with van der Waals surface area (Å²) in [5.74, 6) is -0.377. The molecule has 1 atom stereocenters. The summed E-state index contributed by atoms with van der Waals surface area (Å²) < 4.78 is 40.7. The molecule has 0 spiro atoms. The van der Waals surface area contributed by atoms with Gasteiger partial charge >= 0.3 is 6.18 Å². The van der Waals surface area contributed by atoms with Crippen molar-refractivity contribution in [2.45, 2.75) is 44.8 Å². The van der Waals surface area contributed by atoms with Crippen LogP contribution in [0.15, 0.2) is 24.3 Å². The Morgan fingerprint density at radius 1 is 1.19 bits per heavy atom. The van der Waals surface area contributed by atoms with Gasteiger partial charge in [0.15, 0.2) is 0 Å². The molecule has 21 heavy (non-hydrogen) atoms. The molecule has 1 unspecified atom stereocenters. The van der Waals surface area contributed by atoms with Crippen molar-refractivity contribution in [2.24, 2.45) is 0 Å². The molecule has 2 rings (SSSR count). The molecular formula is C15H19F3N2O. The molecule has 0 radical (unpaired) electrons.